The lowest BCUT2D eigenvalue weighted by Crippen LogP contribution is -2.39. The Labute approximate surface area is 162 Å². The lowest BCUT2D eigenvalue weighted by atomic mass is 9.86. The van der Waals surface area contributed by atoms with E-state index in [2.05, 4.69) is 29.2 Å². The van der Waals surface area contributed by atoms with E-state index >= 15 is 0 Å². The summed E-state index contributed by atoms with van der Waals surface area (Å²) in [7, 11) is 0. The summed E-state index contributed by atoms with van der Waals surface area (Å²) in [4.78, 5) is 15.3. The van der Waals surface area contributed by atoms with Crippen molar-refractivity contribution >= 4 is 18.3 Å². The molecule has 1 amide bonds. The third-order valence-electron chi connectivity index (χ3n) is 5.52. The lowest BCUT2D eigenvalue weighted by Gasteiger charge is -2.37. The van der Waals surface area contributed by atoms with Crippen LogP contribution < -0.4 is 5.73 Å². The molecule has 2 aliphatic carbocycles. The van der Waals surface area contributed by atoms with E-state index in [1.165, 1.54) is 11.1 Å². The van der Waals surface area contributed by atoms with E-state index < -0.39 is 0 Å². The Morgan fingerprint density at radius 1 is 1.04 bits per heavy atom. The van der Waals surface area contributed by atoms with Gasteiger partial charge in [-0.25, -0.2) is 0 Å². The molecule has 0 aliphatic heterocycles. The Balaban J connectivity index is 0.00000196. The molecule has 26 heavy (non-hydrogen) atoms. The molecular weight excluding hydrogens is 344 g/mol. The quantitative estimate of drug-likeness (QED) is 0.838. The van der Waals surface area contributed by atoms with Gasteiger partial charge in [-0.3, -0.25) is 4.79 Å². The highest BCUT2D eigenvalue weighted by atomic mass is 35.5. The maximum atomic E-state index is 13.2. The molecule has 2 unspecified atom stereocenters. The molecule has 2 N–H and O–H groups in total. The summed E-state index contributed by atoms with van der Waals surface area (Å²) in [6.45, 7) is 0. The second-order valence-electron chi connectivity index (χ2n) is 7.36. The molecule has 1 saturated carbocycles. The van der Waals surface area contributed by atoms with E-state index in [4.69, 9.17) is 5.73 Å². The molecule has 2 aliphatic rings. The van der Waals surface area contributed by atoms with Gasteiger partial charge < -0.3 is 10.6 Å². The zero-order valence-electron chi connectivity index (χ0n) is 15.0. The predicted octanol–water partition coefficient (Wildman–Crippen LogP) is 4.57. The van der Waals surface area contributed by atoms with E-state index in [1.54, 1.807) is 0 Å². The summed E-state index contributed by atoms with van der Waals surface area (Å²) < 4.78 is 0. The summed E-state index contributed by atoms with van der Waals surface area (Å²) in [5.74, 6) is 0.209. The fraction of sp³-hybridized carbons (Fsp3) is 0.409. The van der Waals surface area contributed by atoms with Gasteiger partial charge >= 0.3 is 0 Å². The molecule has 2 aromatic rings. The summed E-state index contributed by atoms with van der Waals surface area (Å²) in [6.07, 6.45) is 6.00. The number of hydrogen-bond acceptors (Lipinski definition) is 2. The maximum absolute atomic E-state index is 13.2. The van der Waals surface area contributed by atoms with Crippen molar-refractivity contribution in [2.75, 3.05) is 0 Å². The first-order chi connectivity index (χ1) is 12.2. The van der Waals surface area contributed by atoms with Crippen LogP contribution in [0.5, 0.6) is 0 Å². The van der Waals surface area contributed by atoms with Crippen LogP contribution in [0.25, 0.3) is 0 Å². The highest BCUT2D eigenvalue weighted by molar-refractivity contribution is 5.85. The van der Waals surface area contributed by atoms with E-state index in [0.29, 0.717) is 12.5 Å². The van der Waals surface area contributed by atoms with Gasteiger partial charge in [0.15, 0.2) is 0 Å². The molecule has 0 aromatic heterocycles. The van der Waals surface area contributed by atoms with Crippen molar-refractivity contribution in [3.05, 3.63) is 71.3 Å². The minimum absolute atomic E-state index is 0. The number of hydrogen-bond donors (Lipinski definition) is 1. The molecule has 0 spiro atoms. The number of fused-ring (bicyclic) bond motifs is 1. The van der Waals surface area contributed by atoms with Crippen LogP contribution in [0, 0.1) is 0 Å². The van der Waals surface area contributed by atoms with Gasteiger partial charge in [-0.15, -0.1) is 12.4 Å². The highest BCUT2D eigenvalue weighted by Crippen LogP contribution is 2.41. The van der Waals surface area contributed by atoms with E-state index in [9.17, 15) is 4.79 Å². The van der Waals surface area contributed by atoms with Crippen molar-refractivity contribution in [3.63, 3.8) is 0 Å². The second kappa shape index (κ2) is 8.24. The molecule has 1 fully saturated rings. The fourth-order valence-corrected chi connectivity index (χ4v) is 4.11. The molecule has 4 heteroatoms. The van der Waals surface area contributed by atoms with Gasteiger partial charge in [0.1, 0.15) is 0 Å². The largest absolute Gasteiger partial charge is 0.333 e. The summed E-state index contributed by atoms with van der Waals surface area (Å²) in [5.41, 5.74) is 10.1. The third-order valence-corrected chi connectivity index (χ3v) is 5.52. The van der Waals surface area contributed by atoms with Gasteiger partial charge in [0.2, 0.25) is 5.91 Å². The Bertz CT molecular complexity index is 745. The van der Waals surface area contributed by atoms with Gasteiger partial charge in [-0.2, -0.15) is 0 Å². The molecule has 2 atom stereocenters. The number of carbonyl (C=O) groups is 1. The summed E-state index contributed by atoms with van der Waals surface area (Å²) in [5, 5.41) is 0. The molecule has 3 nitrogen and oxygen atoms in total. The molecule has 0 bridgehead atoms. The van der Waals surface area contributed by atoms with Crippen LogP contribution in [0.15, 0.2) is 54.6 Å². The topological polar surface area (TPSA) is 46.3 Å². The van der Waals surface area contributed by atoms with Crippen molar-refractivity contribution in [1.29, 1.82) is 0 Å². The first-order valence-electron chi connectivity index (χ1n) is 9.43. The lowest BCUT2D eigenvalue weighted by molar-refractivity contribution is -0.135. The van der Waals surface area contributed by atoms with Crippen LogP contribution in [-0.2, 0) is 11.2 Å². The van der Waals surface area contributed by atoms with Crippen LogP contribution in [0.3, 0.4) is 0 Å². The highest BCUT2D eigenvalue weighted by Gasteiger charge is 2.39. The number of nitrogens with zero attached hydrogens (tertiary/aromatic N) is 1. The SMILES string of the molecule is Cl.NC(CC(=O)N(C1CC1)C1CCCc2ccccc21)c1ccccc1. The number of amides is 1. The summed E-state index contributed by atoms with van der Waals surface area (Å²) >= 11 is 0. The molecule has 2 aromatic carbocycles. The Hall–Kier alpha value is -1.84. The molecule has 0 heterocycles. The zero-order chi connectivity index (χ0) is 17.2. The van der Waals surface area contributed by atoms with Crippen molar-refractivity contribution in [2.45, 2.75) is 56.7 Å². The first-order valence-corrected chi connectivity index (χ1v) is 9.43. The van der Waals surface area contributed by atoms with Gasteiger partial charge in [-0.05, 0) is 48.8 Å². The number of halogens is 1. The Kier molecular flexibility index (Phi) is 6.00. The Morgan fingerprint density at radius 3 is 2.46 bits per heavy atom. The van der Waals surface area contributed by atoms with E-state index in [0.717, 1.165) is 37.7 Å². The maximum Gasteiger partial charge on any atom is 0.225 e. The predicted molar refractivity (Wildman–Crippen MR) is 107 cm³/mol. The monoisotopic (exact) mass is 370 g/mol. The van der Waals surface area contributed by atoms with Crippen molar-refractivity contribution in [1.82, 2.24) is 4.90 Å². The zero-order valence-corrected chi connectivity index (χ0v) is 15.8. The Morgan fingerprint density at radius 2 is 1.73 bits per heavy atom. The molecule has 138 valence electrons. The van der Waals surface area contributed by atoms with Crippen LogP contribution in [0.2, 0.25) is 0 Å². The third kappa shape index (κ3) is 3.94. The van der Waals surface area contributed by atoms with Crippen LogP contribution in [-0.4, -0.2) is 16.8 Å². The minimum Gasteiger partial charge on any atom is -0.333 e. The van der Waals surface area contributed by atoms with E-state index in [1.807, 2.05) is 30.3 Å². The van der Waals surface area contributed by atoms with E-state index in [-0.39, 0.29) is 30.4 Å². The molecular formula is C22H27ClN2O. The van der Waals surface area contributed by atoms with Crippen molar-refractivity contribution in [2.24, 2.45) is 5.73 Å². The number of nitrogens with two attached hydrogens (primary N) is 1. The first kappa shape index (κ1) is 18.9. The standard InChI is InChI=1S/C22H26N2O.ClH/c23-20(17-8-2-1-3-9-17)15-22(25)24(18-13-14-18)21-12-6-10-16-7-4-5-11-19(16)21;/h1-5,7-9,11,18,20-21H,6,10,12-15,23H2;1H. The smallest absolute Gasteiger partial charge is 0.225 e. The minimum atomic E-state index is -0.228. The molecule has 0 saturated heterocycles. The van der Waals surface area contributed by atoms with Gasteiger partial charge in [-0.1, -0.05) is 54.6 Å². The van der Waals surface area contributed by atoms with Gasteiger partial charge in [0.25, 0.3) is 0 Å². The van der Waals surface area contributed by atoms with Crippen LogP contribution in [0.1, 0.15) is 60.9 Å². The molecule has 0 radical (unpaired) electrons. The number of aryl methyl sites for hydroxylation is 1. The van der Waals surface area contributed by atoms with Gasteiger partial charge in [0, 0.05) is 18.5 Å². The number of carbonyl (C=O) groups excluding carboxylic acids is 1. The normalized spacial score (nSPS) is 19.8. The van der Waals surface area contributed by atoms with Crippen LogP contribution in [0.4, 0.5) is 0 Å². The van der Waals surface area contributed by atoms with Gasteiger partial charge in [0.05, 0.1) is 6.04 Å². The van der Waals surface area contributed by atoms with Crippen molar-refractivity contribution < 1.29 is 4.79 Å². The second-order valence-corrected chi connectivity index (χ2v) is 7.36. The average molecular weight is 371 g/mol. The fourth-order valence-electron chi connectivity index (χ4n) is 4.11. The van der Waals surface area contributed by atoms with Crippen molar-refractivity contribution in [3.8, 4) is 0 Å². The van der Waals surface area contributed by atoms with Crippen LogP contribution >= 0.6 is 12.4 Å². The number of benzene rings is 2. The number of rotatable bonds is 5. The average Bonchev–Trinajstić information content (AvgIpc) is 3.48. The molecule has 4 rings (SSSR count). The summed E-state index contributed by atoms with van der Waals surface area (Å²) in [6, 6.07) is 19.0.